The molecule has 0 saturated heterocycles. The summed E-state index contributed by atoms with van der Waals surface area (Å²) in [5.74, 6) is 0. The summed E-state index contributed by atoms with van der Waals surface area (Å²) >= 11 is 0. The van der Waals surface area contributed by atoms with Crippen molar-refractivity contribution in [1.82, 2.24) is 9.78 Å². The Balaban J connectivity index is 1.79. The zero-order valence-corrected chi connectivity index (χ0v) is 16.2. The molecule has 0 fully saturated rings. The predicted molar refractivity (Wildman–Crippen MR) is 113 cm³/mol. The average Bonchev–Trinajstić information content (AvgIpc) is 2.68. The first kappa shape index (κ1) is 18.1. The van der Waals surface area contributed by atoms with Crippen LogP contribution in [0.1, 0.15) is 29.7 Å². The van der Waals surface area contributed by atoms with Gasteiger partial charge in [-0.1, -0.05) is 42.0 Å². The SMILES string of the molecule is Cc1ccc(-c2ccc3c(=O)n(-c4ccc(C(C)O)cc4)ncc3c2)c(C)c1. The average molecular weight is 370 g/mol. The summed E-state index contributed by atoms with van der Waals surface area (Å²) in [6.45, 7) is 5.89. The minimum absolute atomic E-state index is 0.158. The molecule has 1 heterocycles. The van der Waals surface area contributed by atoms with Crippen molar-refractivity contribution in [2.75, 3.05) is 0 Å². The molecule has 0 saturated carbocycles. The number of benzene rings is 3. The molecule has 1 unspecified atom stereocenters. The van der Waals surface area contributed by atoms with Gasteiger partial charge in [0, 0.05) is 5.39 Å². The molecule has 1 aromatic heterocycles. The predicted octanol–water partition coefficient (Wildman–Crippen LogP) is 4.72. The van der Waals surface area contributed by atoms with E-state index in [2.05, 4.69) is 37.1 Å². The summed E-state index contributed by atoms with van der Waals surface area (Å²) in [5, 5.41) is 15.5. The molecule has 140 valence electrons. The molecule has 28 heavy (non-hydrogen) atoms. The first-order chi connectivity index (χ1) is 13.4. The molecule has 4 aromatic rings. The first-order valence-corrected chi connectivity index (χ1v) is 9.32. The van der Waals surface area contributed by atoms with Gasteiger partial charge in [0.25, 0.3) is 5.56 Å². The van der Waals surface area contributed by atoms with Gasteiger partial charge >= 0.3 is 0 Å². The van der Waals surface area contributed by atoms with Gasteiger partial charge in [0.05, 0.1) is 23.4 Å². The van der Waals surface area contributed by atoms with Gasteiger partial charge in [-0.3, -0.25) is 4.79 Å². The lowest BCUT2D eigenvalue weighted by Gasteiger charge is -2.10. The van der Waals surface area contributed by atoms with Gasteiger partial charge in [0.1, 0.15) is 0 Å². The van der Waals surface area contributed by atoms with E-state index in [9.17, 15) is 9.90 Å². The van der Waals surface area contributed by atoms with Crippen molar-refractivity contribution < 1.29 is 5.11 Å². The lowest BCUT2D eigenvalue weighted by atomic mass is 9.97. The Kier molecular flexibility index (Phi) is 4.57. The van der Waals surface area contributed by atoms with Crippen LogP contribution in [-0.2, 0) is 0 Å². The number of aliphatic hydroxyl groups excluding tert-OH is 1. The number of rotatable bonds is 3. The van der Waals surface area contributed by atoms with E-state index in [-0.39, 0.29) is 5.56 Å². The molecular formula is C24H22N2O2. The maximum Gasteiger partial charge on any atom is 0.279 e. The number of fused-ring (bicyclic) bond motifs is 1. The standard InChI is InChI=1S/C24H22N2O2/c1-15-4-10-22(16(2)12-15)19-7-11-23-20(13-19)14-25-26(24(23)28)21-8-5-18(6-9-21)17(3)27/h4-14,17,27H,1-3H3. The molecule has 0 aliphatic rings. The lowest BCUT2D eigenvalue weighted by molar-refractivity contribution is 0.199. The van der Waals surface area contributed by atoms with Gasteiger partial charge in [-0.15, -0.1) is 0 Å². The number of aliphatic hydroxyl groups is 1. The molecule has 0 amide bonds. The summed E-state index contributed by atoms with van der Waals surface area (Å²) in [6, 6.07) is 19.5. The summed E-state index contributed by atoms with van der Waals surface area (Å²) in [7, 11) is 0. The molecule has 1 N–H and O–H groups in total. The molecule has 0 aliphatic carbocycles. The fourth-order valence-corrected chi connectivity index (χ4v) is 3.53. The van der Waals surface area contributed by atoms with Crippen LogP contribution in [0.15, 0.2) is 71.7 Å². The molecule has 0 bridgehead atoms. The third kappa shape index (κ3) is 3.23. The van der Waals surface area contributed by atoms with Crippen LogP contribution < -0.4 is 5.56 Å². The van der Waals surface area contributed by atoms with E-state index in [0.29, 0.717) is 11.1 Å². The van der Waals surface area contributed by atoms with Gasteiger partial charge in [-0.2, -0.15) is 9.78 Å². The van der Waals surface area contributed by atoms with E-state index in [4.69, 9.17) is 0 Å². The van der Waals surface area contributed by atoms with E-state index < -0.39 is 6.10 Å². The quantitative estimate of drug-likeness (QED) is 0.568. The van der Waals surface area contributed by atoms with Gasteiger partial charge in [0.2, 0.25) is 0 Å². The highest BCUT2D eigenvalue weighted by Crippen LogP contribution is 2.26. The highest BCUT2D eigenvalue weighted by molar-refractivity contribution is 5.86. The van der Waals surface area contributed by atoms with Crippen molar-refractivity contribution in [3.8, 4) is 16.8 Å². The van der Waals surface area contributed by atoms with Crippen LogP contribution in [0.4, 0.5) is 0 Å². The molecular weight excluding hydrogens is 348 g/mol. The van der Waals surface area contributed by atoms with Crippen LogP contribution in [0, 0.1) is 13.8 Å². The van der Waals surface area contributed by atoms with E-state index in [0.717, 1.165) is 22.1 Å². The molecule has 4 heteroatoms. The monoisotopic (exact) mass is 370 g/mol. The normalized spacial score (nSPS) is 12.3. The minimum Gasteiger partial charge on any atom is -0.389 e. The molecule has 0 radical (unpaired) electrons. The fraction of sp³-hybridized carbons (Fsp3) is 0.167. The number of hydrogen-bond acceptors (Lipinski definition) is 3. The van der Waals surface area contributed by atoms with Crippen LogP contribution in [0.3, 0.4) is 0 Å². The number of aryl methyl sites for hydroxylation is 2. The molecule has 0 spiro atoms. The van der Waals surface area contributed by atoms with Crippen molar-refractivity contribution in [3.63, 3.8) is 0 Å². The fourth-order valence-electron chi connectivity index (χ4n) is 3.53. The van der Waals surface area contributed by atoms with E-state index in [1.807, 2.05) is 30.3 Å². The Hall–Kier alpha value is -3.24. The van der Waals surface area contributed by atoms with Crippen molar-refractivity contribution in [2.45, 2.75) is 26.9 Å². The second kappa shape index (κ2) is 7.06. The second-order valence-electron chi connectivity index (χ2n) is 7.25. The second-order valence-corrected chi connectivity index (χ2v) is 7.25. The van der Waals surface area contributed by atoms with Gasteiger partial charge in [-0.25, -0.2) is 0 Å². The van der Waals surface area contributed by atoms with E-state index in [1.54, 1.807) is 25.3 Å². The Morgan fingerprint density at radius 2 is 1.71 bits per heavy atom. The molecule has 0 aliphatic heterocycles. The minimum atomic E-state index is -0.543. The molecule has 4 rings (SSSR count). The van der Waals surface area contributed by atoms with Crippen molar-refractivity contribution >= 4 is 10.8 Å². The van der Waals surface area contributed by atoms with Crippen molar-refractivity contribution in [3.05, 3.63) is 93.9 Å². The van der Waals surface area contributed by atoms with Crippen LogP contribution >= 0.6 is 0 Å². The highest BCUT2D eigenvalue weighted by atomic mass is 16.3. The summed E-state index contributed by atoms with van der Waals surface area (Å²) in [4.78, 5) is 13.0. The van der Waals surface area contributed by atoms with E-state index in [1.165, 1.54) is 15.8 Å². The zero-order chi connectivity index (χ0) is 19.8. The first-order valence-electron chi connectivity index (χ1n) is 9.32. The zero-order valence-electron chi connectivity index (χ0n) is 16.2. The Morgan fingerprint density at radius 3 is 2.39 bits per heavy atom. The maximum absolute atomic E-state index is 13.0. The van der Waals surface area contributed by atoms with Crippen LogP contribution in [-0.4, -0.2) is 14.9 Å². The van der Waals surface area contributed by atoms with E-state index >= 15 is 0 Å². The van der Waals surface area contributed by atoms with Crippen LogP contribution in [0.2, 0.25) is 0 Å². The highest BCUT2D eigenvalue weighted by Gasteiger charge is 2.09. The third-order valence-electron chi connectivity index (χ3n) is 5.10. The lowest BCUT2D eigenvalue weighted by Crippen LogP contribution is -2.20. The summed E-state index contributed by atoms with van der Waals surface area (Å²) in [6.07, 6.45) is 1.19. The van der Waals surface area contributed by atoms with Crippen LogP contribution in [0.5, 0.6) is 0 Å². The smallest absolute Gasteiger partial charge is 0.279 e. The summed E-state index contributed by atoms with van der Waals surface area (Å²) in [5.41, 5.74) is 5.99. The van der Waals surface area contributed by atoms with Crippen molar-refractivity contribution in [2.24, 2.45) is 0 Å². The van der Waals surface area contributed by atoms with Gasteiger partial charge in [0.15, 0.2) is 0 Å². The van der Waals surface area contributed by atoms with Crippen LogP contribution in [0.25, 0.3) is 27.6 Å². The number of hydrogen-bond donors (Lipinski definition) is 1. The van der Waals surface area contributed by atoms with Gasteiger partial charge in [-0.05, 0) is 67.3 Å². The molecule has 3 aromatic carbocycles. The molecule has 4 nitrogen and oxygen atoms in total. The third-order valence-corrected chi connectivity index (χ3v) is 5.10. The Labute approximate surface area is 163 Å². The maximum atomic E-state index is 13.0. The largest absolute Gasteiger partial charge is 0.389 e. The molecule has 1 atom stereocenters. The Bertz CT molecular complexity index is 1220. The van der Waals surface area contributed by atoms with Gasteiger partial charge < -0.3 is 5.11 Å². The Morgan fingerprint density at radius 1 is 0.964 bits per heavy atom. The number of nitrogens with zero attached hydrogens (tertiary/aromatic N) is 2. The summed E-state index contributed by atoms with van der Waals surface area (Å²) < 4.78 is 1.39. The van der Waals surface area contributed by atoms with Crippen molar-refractivity contribution in [1.29, 1.82) is 0 Å². The number of aromatic nitrogens is 2. The topological polar surface area (TPSA) is 55.1 Å².